The van der Waals surface area contributed by atoms with Crippen LogP contribution in [-0.2, 0) is 14.9 Å². The van der Waals surface area contributed by atoms with Crippen LogP contribution in [0.3, 0.4) is 0 Å². The molecule has 2 heterocycles. The van der Waals surface area contributed by atoms with Crippen molar-refractivity contribution in [1.29, 1.82) is 0 Å². The first-order chi connectivity index (χ1) is 19.4. The number of phenolic OH excluding ortho intramolecular Hbond substituents is 2. The van der Waals surface area contributed by atoms with Crippen molar-refractivity contribution in [3.05, 3.63) is 81.3 Å². The third kappa shape index (κ3) is 8.03. The highest BCUT2D eigenvalue weighted by molar-refractivity contribution is 7.85. The molecule has 14 heteroatoms. The van der Waals surface area contributed by atoms with Crippen LogP contribution in [0.25, 0.3) is 0 Å². The second-order valence-electron chi connectivity index (χ2n) is 9.48. The Morgan fingerprint density at radius 3 is 2.22 bits per heavy atom. The fourth-order valence-corrected chi connectivity index (χ4v) is 5.73. The molecule has 0 unspecified atom stereocenters. The maximum absolute atomic E-state index is 12.9. The van der Waals surface area contributed by atoms with Crippen molar-refractivity contribution in [1.82, 2.24) is 5.43 Å². The van der Waals surface area contributed by atoms with Gasteiger partial charge in [0.25, 0.3) is 0 Å². The third-order valence-corrected chi connectivity index (χ3v) is 8.20. The molecule has 1 amide bonds. The van der Waals surface area contributed by atoms with Gasteiger partial charge in [0.05, 0.1) is 34.7 Å². The van der Waals surface area contributed by atoms with Crippen LogP contribution >= 0.6 is 34.8 Å². The number of nitrogens with zero attached hydrogens (tertiary/aromatic N) is 2. The van der Waals surface area contributed by atoms with Gasteiger partial charge < -0.3 is 14.8 Å². The molecule has 1 atom stereocenters. The van der Waals surface area contributed by atoms with E-state index in [1.165, 1.54) is 6.42 Å². The van der Waals surface area contributed by atoms with Gasteiger partial charge in [-0.2, -0.15) is 10.5 Å². The molecule has 2 aliphatic rings. The Labute approximate surface area is 252 Å². The van der Waals surface area contributed by atoms with Gasteiger partial charge in [0.2, 0.25) is 0 Å². The van der Waals surface area contributed by atoms with Crippen LogP contribution in [0.1, 0.15) is 37.3 Å². The van der Waals surface area contributed by atoms with E-state index in [-0.39, 0.29) is 17.7 Å². The number of anilines is 1. The summed E-state index contributed by atoms with van der Waals surface area (Å²) in [5.74, 6) is -1.18. The molecule has 1 fully saturated rings. The highest BCUT2D eigenvalue weighted by atomic mass is 35.5. The average Bonchev–Trinajstić information content (AvgIpc) is 3.36. The first-order valence-electron chi connectivity index (χ1n) is 12.6. The molecule has 3 aromatic carbocycles. The van der Waals surface area contributed by atoms with E-state index in [1.807, 2.05) is 35.3 Å². The van der Waals surface area contributed by atoms with Gasteiger partial charge in [-0.05, 0) is 67.3 Å². The number of carbonyl (C=O) groups excluding carboxylic acids is 1. The molecule has 10 nitrogen and oxygen atoms in total. The van der Waals surface area contributed by atoms with Gasteiger partial charge in [0.1, 0.15) is 27.3 Å². The number of rotatable bonds is 5. The van der Waals surface area contributed by atoms with Gasteiger partial charge >= 0.3 is 5.91 Å². The number of benzene rings is 3. The lowest BCUT2D eigenvalue weighted by molar-refractivity contribution is -0.940. The van der Waals surface area contributed by atoms with Gasteiger partial charge in [0.15, 0.2) is 0 Å². The van der Waals surface area contributed by atoms with Gasteiger partial charge in [-0.15, -0.1) is 0 Å². The van der Waals surface area contributed by atoms with Crippen LogP contribution in [-0.4, -0.2) is 47.9 Å². The summed E-state index contributed by atoms with van der Waals surface area (Å²) in [5.41, 5.74) is 5.30. The molecule has 0 aromatic heterocycles. The second-order valence-corrected chi connectivity index (χ2v) is 12.1. The van der Waals surface area contributed by atoms with E-state index >= 15 is 0 Å². The van der Waals surface area contributed by atoms with Crippen molar-refractivity contribution < 1.29 is 33.0 Å². The predicted molar refractivity (Wildman–Crippen MR) is 156 cm³/mol. The molecule has 0 spiro atoms. The lowest BCUT2D eigenvalue weighted by Gasteiger charge is -2.25. The maximum Gasteiger partial charge on any atom is 0.312 e. The molecule has 41 heavy (non-hydrogen) atoms. The number of aromatic hydroxyl groups is 2. The van der Waals surface area contributed by atoms with E-state index in [4.69, 9.17) is 45.0 Å². The molecule has 5 rings (SSSR count). The quantitative estimate of drug-likeness (QED) is 0.243. The number of hydrogen-bond acceptors (Lipinski definition) is 8. The molecule has 218 valence electrons. The largest absolute Gasteiger partial charge is 0.744 e. The molecule has 0 aliphatic carbocycles. The van der Waals surface area contributed by atoms with Crippen LogP contribution in [0.4, 0.5) is 5.69 Å². The van der Waals surface area contributed by atoms with Crippen molar-refractivity contribution in [3.63, 3.8) is 0 Å². The van der Waals surface area contributed by atoms with Crippen molar-refractivity contribution >= 4 is 62.2 Å². The van der Waals surface area contributed by atoms with Gasteiger partial charge in [0, 0.05) is 22.5 Å². The summed E-state index contributed by atoms with van der Waals surface area (Å²) in [4.78, 5) is 12.1. The Bertz CT molecular complexity index is 1550. The average molecular weight is 642 g/mol. The predicted octanol–water partition coefficient (Wildman–Crippen LogP) is 4.06. The van der Waals surface area contributed by atoms with Crippen LogP contribution < -0.4 is 15.4 Å². The normalized spacial score (nSPS) is 17.4. The van der Waals surface area contributed by atoms with E-state index in [0.717, 1.165) is 48.6 Å². The topological polar surface area (TPSA) is 147 Å². The minimum absolute atomic E-state index is 0.131. The highest BCUT2D eigenvalue weighted by Crippen LogP contribution is 2.39. The lowest BCUT2D eigenvalue weighted by atomic mass is 10.0. The summed E-state index contributed by atoms with van der Waals surface area (Å²) < 4.78 is 31.1. The van der Waals surface area contributed by atoms with E-state index in [2.05, 4.69) is 10.5 Å². The number of quaternary nitrogens is 1. The maximum atomic E-state index is 12.9. The first-order valence-corrected chi connectivity index (χ1v) is 15.2. The number of piperidine rings is 1. The Balaban J connectivity index is 0.000000271. The minimum Gasteiger partial charge on any atom is -0.744 e. The number of phenols is 2. The highest BCUT2D eigenvalue weighted by Gasteiger charge is 2.34. The molecule has 0 saturated carbocycles. The van der Waals surface area contributed by atoms with Crippen molar-refractivity contribution in [2.24, 2.45) is 5.10 Å². The Morgan fingerprint density at radius 1 is 0.951 bits per heavy atom. The summed E-state index contributed by atoms with van der Waals surface area (Å²) in [6.45, 7) is 1.90. The van der Waals surface area contributed by atoms with Gasteiger partial charge in [-0.1, -0.05) is 46.9 Å². The van der Waals surface area contributed by atoms with E-state index < -0.39 is 20.8 Å². The number of hydrazone groups is 1. The van der Waals surface area contributed by atoms with Crippen molar-refractivity contribution in [2.75, 3.05) is 18.1 Å². The molecular weight excluding hydrogens is 615 g/mol. The number of amides is 1. The van der Waals surface area contributed by atoms with E-state index in [9.17, 15) is 17.8 Å². The van der Waals surface area contributed by atoms with Crippen molar-refractivity contribution in [3.8, 4) is 11.5 Å². The Morgan fingerprint density at radius 2 is 1.61 bits per heavy atom. The smallest absolute Gasteiger partial charge is 0.312 e. The van der Waals surface area contributed by atoms with Crippen molar-refractivity contribution in [2.45, 2.75) is 36.6 Å². The summed E-state index contributed by atoms with van der Waals surface area (Å²) in [7, 11) is -4.72. The molecular formula is C27H27Cl3N4O6S. The zero-order valence-corrected chi connectivity index (χ0v) is 24.6. The standard InChI is InChI=1S/C21H21Cl3N4O.C6H6O5S/c22-15-6-4-14(5-7-15)20-13-18(21(29)26-27-10-2-1-3-11-27)25-28(20)19-9-8-16(23)12-17(19)24;7-4-1-2-5(8)6(3-4)12(9,10)11/h4-9,12,20H,1-3,10-11,13H2,(H,26,29);1-3,7-8H,(H,9,10,11)/t20-;/m1./s1. The minimum atomic E-state index is -4.72. The molecule has 1 saturated heterocycles. The monoisotopic (exact) mass is 640 g/mol. The molecule has 3 aromatic rings. The van der Waals surface area contributed by atoms with Gasteiger partial charge in [-0.25, -0.2) is 13.4 Å². The fourth-order valence-electron chi connectivity index (χ4n) is 4.52. The lowest BCUT2D eigenvalue weighted by Crippen LogP contribution is -3.20. The molecule has 0 bridgehead atoms. The fraction of sp³-hybridized carbons (Fsp3) is 0.259. The van der Waals surface area contributed by atoms with E-state index in [1.54, 1.807) is 12.1 Å². The summed E-state index contributed by atoms with van der Waals surface area (Å²) in [6, 6.07) is 15.4. The summed E-state index contributed by atoms with van der Waals surface area (Å²) in [6.07, 6.45) is 3.96. The number of carbonyl (C=O) groups is 1. The molecule has 2 aliphatic heterocycles. The van der Waals surface area contributed by atoms with E-state index in [0.29, 0.717) is 39.0 Å². The van der Waals surface area contributed by atoms with Crippen LogP contribution in [0.2, 0.25) is 15.1 Å². The first kappa shape index (κ1) is 30.9. The zero-order valence-electron chi connectivity index (χ0n) is 21.6. The Kier molecular flexibility index (Phi) is 10.0. The second kappa shape index (κ2) is 13.3. The van der Waals surface area contributed by atoms with Crippen LogP contribution in [0.5, 0.6) is 11.5 Å². The number of hydrogen-bond donors (Lipinski definition) is 4. The molecule has 4 N–H and O–H groups in total. The third-order valence-electron chi connectivity index (χ3n) is 6.54. The number of halogens is 3. The Hall–Kier alpha value is -3.06. The van der Waals surface area contributed by atoms with Crippen LogP contribution in [0, 0.1) is 0 Å². The zero-order chi connectivity index (χ0) is 29.7. The van der Waals surface area contributed by atoms with Crippen LogP contribution in [0.15, 0.2) is 70.7 Å². The summed E-state index contributed by atoms with van der Waals surface area (Å²) >= 11 is 18.6. The summed E-state index contributed by atoms with van der Waals surface area (Å²) in [5, 5.41) is 26.9. The molecule has 0 radical (unpaired) electrons. The number of nitrogens with one attached hydrogen (secondary N) is 2. The van der Waals surface area contributed by atoms with Gasteiger partial charge in [-0.3, -0.25) is 9.80 Å². The SMILES string of the molecule is O=C(N[NH+]1CCCCC1)C1=NN(c2ccc(Cl)cc2Cl)[C@@H](c2ccc(Cl)cc2)C1.O=S(=O)([O-])c1cc(O)ccc1O.